The van der Waals surface area contributed by atoms with Crippen LogP contribution in [-0.2, 0) is 19.0 Å². The van der Waals surface area contributed by atoms with Gasteiger partial charge in [-0.05, 0) is 36.0 Å². The van der Waals surface area contributed by atoms with E-state index in [-0.39, 0.29) is 5.41 Å². The predicted molar refractivity (Wildman–Crippen MR) is 95.1 cm³/mol. The van der Waals surface area contributed by atoms with Gasteiger partial charge >= 0.3 is 7.82 Å². The first-order valence-electron chi connectivity index (χ1n) is 8.50. The molecule has 4 nitrogen and oxygen atoms in total. The Labute approximate surface area is 141 Å². The summed E-state index contributed by atoms with van der Waals surface area (Å²) in [5, 5.41) is 0. The minimum atomic E-state index is -3.56. The molecule has 0 aliphatic rings. The van der Waals surface area contributed by atoms with Gasteiger partial charge < -0.3 is 4.52 Å². The zero-order chi connectivity index (χ0) is 17.3. The zero-order valence-corrected chi connectivity index (χ0v) is 16.0. The summed E-state index contributed by atoms with van der Waals surface area (Å²) in [6.07, 6.45) is 3.59. The van der Waals surface area contributed by atoms with E-state index in [2.05, 4.69) is 34.6 Å². The van der Waals surface area contributed by atoms with E-state index in [0.717, 1.165) is 25.7 Å². The summed E-state index contributed by atoms with van der Waals surface area (Å²) in [4.78, 5) is 0. The van der Waals surface area contributed by atoms with E-state index in [0.29, 0.717) is 19.0 Å². The molecule has 23 heavy (non-hydrogen) atoms. The molecule has 1 rings (SSSR count). The Morgan fingerprint density at radius 1 is 0.913 bits per heavy atom. The van der Waals surface area contributed by atoms with Gasteiger partial charge in [0.25, 0.3) is 0 Å². The van der Waals surface area contributed by atoms with Crippen LogP contribution in [0, 0.1) is 0 Å². The molecule has 0 bridgehead atoms. The second kappa shape index (κ2) is 9.46. The monoisotopic (exact) mass is 342 g/mol. The number of benzene rings is 1. The number of rotatable bonds is 10. The summed E-state index contributed by atoms with van der Waals surface area (Å²) in [5.41, 5.74) is 1.26. The van der Waals surface area contributed by atoms with E-state index in [9.17, 15) is 4.57 Å². The van der Waals surface area contributed by atoms with Crippen molar-refractivity contribution >= 4 is 7.82 Å². The standard InChI is InChI=1S/C18H31O4P/c1-6-8-14-20-23(19,21-15-9-7-2)22-17-12-10-16(11-13-17)18(3,4)5/h10-13H,6-9,14-15H2,1-5H3. The largest absolute Gasteiger partial charge is 0.530 e. The average molecular weight is 342 g/mol. The lowest BCUT2D eigenvalue weighted by Crippen LogP contribution is -2.10. The molecule has 5 heteroatoms. The fourth-order valence-corrected chi connectivity index (χ4v) is 3.14. The summed E-state index contributed by atoms with van der Waals surface area (Å²) >= 11 is 0. The first kappa shape index (κ1) is 20.2. The van der Waals surface area contributed by atoms with Gasteiger partial charge in [-0.1, -0.05) is 59.6 Å². The molecule has 1 aromatic rings. The minimum Gasteiger partial charge on any atom is -0.404 e. The van der Waals surface area contributed by atoms with Crippen molar-refractivity contribution in [3.8, 4) is 5.75 Å². The first-order valence-corrected chi connectivity index (χ1v) is 9.96. The molecule has 0 saturated heterocycles. The van der Waals surface area contributed by atoms with Crippen LogP contribution in [0.5, 0.6) is 5.75 Å². The molecule has 0 saturated carbocycles. The van der Waals surface area contributed by atoms with Crippen molar-refractivity contribution in [3.63, 3.8) is 0 Å². The molecule has 0 aromatic heterocycles. The van der Waals surface area contributed by atoms with Gasteiger partial charge in [-0.15, -0.1) is 0 Å². The molecule has 0 N–H and O–H groups in total. The van der Waals surface area contributed by atoms with Crippen LogP contribution in [0.3, 0.4) is 0 Å². The van der Waals surface area contributed by atoms with Gasteiger partial charge in [-0.2, -0.15) is 0 Å². The van der Waals surface area contributed by atoms with Crippen LogP contribution in [-0.4, -0.2) is 13.2 Å². The van der Waals surface area contributed by atoms with Gasteiger partial charge in [0.05, 0.1) is 13.2 Å². The van der Waals surface area contributed by atoms with Gasteiger partial charge in [-0.25, -0.2) is 4.57 Å². The molecule has 0 fully saturated rings. The topological polar surface area (TPSA) is 44.8 Å². The number of hydrogen-bond acceptors (Lipinski definition) is 4. The molecular formula is C18H31O4P. The van der Waals surface area contributed by atoms with Gasteiger partial charge in [0, 0.05) is 0 Å². The Bertz CT molecular complexity index is 477. The highest BCUT2D eigenvalue weighted by Crippen LogP contribution is 2.49. The molecule has 0 amide bonds. The molecule has 0 spiro atoms. The highest BCUT2D eigenvalue weighted by atomic mass is 31.2. The van der Waals surface area contributed by atoms with Crippen molar-refractivity contribution in [2.45, 2.75) is 65.7 Å². The highest BCUT2D eigenvalue weighted by Gasteiger charge is 2.28. The molecular weight excluding hydrogens is 311 g/mol. The van der Waals surface area contributed by atoms with Crippen LogP contribution in [0.25, 0.3) is 0 Å². The zero-order valence-electron chi connectivity index (χ0n) is 15.1. The third kappa shape index (κ3) is 7.52. The van der Waals surface area contributed by atoms with Gasteiger partial charge in [0.1, 0.15) is 5.75 Å². The van der Waals surface area contributed by atoms with Crippen molar-refractivity contribution in [1.29, 1.82) is 0 Å². The maximum Gasteiger partial charge on any atom is 0.530 e. The fourth-order valence-electron chi connectivity index (χ4n) is 1.88. The van der Waals surface area contributed by atoms with Crippen LogP contribution >= 0.6 is 7.82 Å². The Hall–Kier alpha value is -0.830. The fraction of sp³-hybridized carbons (Fsp3) is 0.667. The Kier molecular flexibility index (Phi) is 8.32. The van der Waals surface area contributed by atoms with Crippen molar-refractivity contribution in [2.75, 3.05) is 13.2 Å². The Morgan fingerprint density at radius 3 is 1.78 bits per heavy atom. The number of hydrogen-bond donors (Lipinski definition) is 0. The van der Waals surface area contributed by atoms with E-state index in [4.69, 9.17) is 13.6 Å². The molecule has 0 radical (unpaired) electrons. The second-order valence-electron chi connectivity index (χ2n) is 6.69. The predicted octanol–water partition coefficient (Wildman–Crippen LogP) is 6.10. The van der Waals surface area contributed by atoms with Gasteiger partial charge in [0.2, 0.25) is 0 Å². The van der Waals surface area contributed by atoms with E-state index in [1.807, 2.05) is 24.3 Å². The molecule has 0 aliphatic heterocycles. The van der Waals surface area contributed by atoms with Crippen LogP contribution in [0.2, 0.25) is 0 Å². The maximum absolute atomic E-state index is 12.7. The van der Waals surface area contributed by atoms with E-state index < -0.39 is 7.82 Å². The lowest BCUT2D eigenvalue weighted by Gasteiger charge is -2.21. The van der Waals surface area contributed by atoms with E-state index in [1.165, 1.54) is 5.56 Å². The quantitative estimate of drug-likeness (QED) is 0.380. The summed E-state index contributed by atoms with van der Waals surface area (Å²) in [6, 6.07) is 7.61. The van der Waals surface area contributed by atoms with Crippen molar-refractivity contribution in [1.82, 2.24) is 0 Å². The number of phosphoric acid groups is 1. The van der Waals surface area contributed by atoms with Gasteiger partial charge in [0.15, 0.2) is 0 Å². The highest BCUT2D eigenvalue weighted by molar-refractivity contribution is 7.48. The first-order chi connectivity index (χ1) is 10.8. The third-order valence-corrected chi connectivity index (χ3v) is 4.86. The van der Waals surface area contributed by atoms with Gasteiger partial charge in [-0.3, -0.25) is 9.05 Å². The molecule has 0 unspecified atom stereocenters. The van der Waals surface area contributed by atoms with Crippen molar-refractivity contribution < 1.29 is 18.1 Å². The van der Waals surface area contributed by atoms with Crippen LogP contribution < -0.4 is 4.52 Å². The molecule has 0 aliphatic carbocycles. The van der Waals surface area contributed by atoms with Crippen molar-refractivity contribution in [2.24, 2.45) is 0 Å². The van der Waals surface area contributed by atoms with E-state index in [1.54, 1.807) is 0 Å². The summed E-state index contributed by atoms with van der Waals surface area (Å²) in [7, 11) is -3.56. The van der Waals surface area contributed by atoms with Crippen molar-refractivity contribution in [3.05, 3.63) is 29.8 Å². The lowest BCUT2D eigenvalue weighted by molar-refractivity contribution is 0.152. The van der Waals surface area contributed by atoms with Crippen LogP contribution in [0.1, 0.15) is 65.9 Å². The molecule has 0 atom stereocenters. The van der Waals surface area contributed by atoms with E-state index >= 15 is 0 Å². The second-order valence-corrected chi connectivity index (χ2v) is 8.28. The van der Waals surface area contributed by atoms with Crippen LogP contribution in [0.4, 0.5) is 0 Å². The Morgan fingerprint density at radius 2 is 1.39 bits per heavy atom. The number of phosphoric ester groups is 1. The summed E-state index contributed by atoms with van der Waals surface area (Å²) in [6.45, 7) is 11.3. The van der Waals surface area contributed by atoms with Crippen LogP contribution in [0.15, 0.2) is 24.3 Å². The Balaban J connectivity index is 2.76. The molecule has 132 valence electrons. The summed E-state index contributed by atoms with van der Waals surface area (Å²) in [5.74, 6) is 0.509. The third-order valence-electron chi connectivity index (χ3n) is 3.43. The average Bonchev–Trinajstić information content (AvgIpc) is 2.47. The lowest BCUT2D eigenvalue weighted by atomic mass is 9.87. The number of unbranched alkanes of at least 4 members (excludes halogenated alkanes) is 2. The normalized spacial score (nSPS) is 12.4. The molecule has 0 heterocycles. The minimum absolute atomic E-state index is 0.0669. The maximum atomic E-state index is 12.7. The molecule has 1 aromatic carbocycles. The summed E-state index contributed by atoms with van der Waals surface area (Å²) < 4.78 is 29.2. The SMILES string of the molecule is CCCCOP(=O)(OCCCC)Oc1ccc(C(C)(C)C)cc1. The smallest absolute Gasteiger partial charge is 0.404 e.